The highest BCUT2D eigenvalue weighted by molar-refractivity contribution is 5.96. The lowest BCUT2D eigenvalue weighted by atomic mass is 10.1. The summed E-state index contributed by atoms with van der Waals surface area (Å²) in [4.78, 5) is 37.1. The van der Waals surface area contributed by atoms with E-state index >= 15 is 0 Å². The van der Waals surface area contributed by atoms with Crippen molar-refractivity contribution in [1.29, 1.82) is 0 Å². The van der Waals surface area contributed by atoms with Gasteiger partial charge < -0.3 is 20.3 Å². The Bertz CT molecular complexity index is 1100. The topological polar surface area (TPSA) is 99.7 Å². The van der Waals surface area contributed by atoms with Gasteiger partial charge in [-0.1, -0.05) is 0 Å². The third-order valence-corrected chi connectivity index (χ3v) is 6.18. The summed E-state index contributed by atoms with van der Waals surface area (Å²) in [7, 11) is 0. The van der Waals surface area contributed by atoms with Crippen LogP contribution in [-0.2, 0) is 4.74 Å². The Hall–Kier alpha value is -3.43. The van der Waals surface area contributed by atoms with Gasteiger partial charge in [-0.25, -0.2) is 14.2 Å². The first-order valence-electron chi connectivity index (χ1n) is 12.0. The molecular formula is C25H33FN6O3. The Morgan fingerprint density at radius 3 is 2.49 bits per heavy atom. The molecule has 4 rings (SSSR count). The normalized spacial score (nSPS) is 19.5. The van der Waals surface area contributed by atoms with Crippen LogP contribution in [0.1, 0.15) is 56.5 Å². The number of amides is 2. The summed E-state index contributed by atoms with van der Waals surface area (Å²) in [5, 5.41) is 5.90. The van der Waals surface area contributed by atoms with Crippen molar-refractivity contribution >= 4 is 29.5 Å². The largest absolute Gasteiger partial charge is 0.444 e. The van der Waals surface area contributed by atoms with E-state index in [0.29, 0.717) is 30.9 Å². The van der Waals surface area contributed by atoms with Crippen molar-refractivity contribution in [2.24, 2.45) is 0 Å². The molecule has 2 unspecified atom stereocenters. The van der Waals surface area contributed by atoms with Crippen molar-refractivity contribution in [3.8, 4) is 0 Å². The molecule has 0 aliphatic carbocycles. The number of hydrogen-bond acceptors (Lipinski definition) is 7. The van der Waals surface area contributed by atoms with Crippen LogP contribution >= 0.6 is 0 Å². The van der Waals surface area contributed by atoms with Crippen molar-refractivity contribution in [1.82, 2.24) is 20.2 Å². The lowest BCUT2D eigenvalue weighted by Gasteiger charge is -2.41. The van der Waals surface area contributed by atoms with Crippen LogP contribution in [0.4, 0.5) is 26.6 Å². The van der Waals surface area contributed by atoms with Crippen molar-refractivity contribution in [2.45, 2.75) is 65.1 Å². The summed E-state index contributed by atoms with van der Waals surface area (Å²) in [6, 6.07) is 5.22. The number of carbonyl (C=O) groups excluding carboxylic acids is 2. The number of benzene rings is 1. The lowest BCUT2D eigenvalue weighted by molar-refractivity contribution is 0.0122. The molecule has 10 heteroatoms. The third kappa shape index (κ3) is 5.47. The average molecular weight is 485 g/mol. The molecule has 0 radical (unpaired) electrons. The minimum Gasteiger partial charge on any atom is -0.444 e. The van der Waals surface area contributed by atoms with E-state index in [1.807, 2.05) is 45.6 Å². The van der Waals surface area contributed by atoms with Gasteiger partial charge in [0.25, 0.3) is 5.91 Å². The zero-order valence-corrected chi connectivity index (χ0v) is 20.9. The second-order valence-electron chi connectivity index (χ2n) is 10.1. The molecule has 2 saturated heterocycles. The SMILES string of the molecule is CCNC(=O)c1ccc(Nc2ncc(F)c(N3CC4CCC(C3)N4C(=O)OC(C)(C)C)n2)cc1C. The highest BCUT2D eigenvalue weighted by Gasteiger charge is 2.45. The van der Waals surface area contributed by atoms with E-state index in [9.17, 15) is 14.0 Å². The standard InChI is InChI=1S/C25H33FN6O3/c1-6-27-22(33)19-10-7-16(11-15(19)2)29-23-28-12-20(26)21(30-23)31-13-17-8-9-18(14-31)32(17)24(34)35-25(3,4)5/h7,10-12,17-18H,6,8-9,13-14H2,1-5H3,(H,27,33)(H,28,29,30). The number of halogens is 1. The summed E-state index contributed by atoms with van der Waals surface area (Å²) >= 11 is 0. The summed E-state index contributed by atoms with van der Waals surface area (Å²) in [6.07, 6.45) is 2.52. The molecule has 2 amide bonds. The van der Waals surface area contributed by atoms with Crippen LogP contribution in [0.3, 0.4) is 0 Å². The summed E-state index contributed by atoms with van der Waals surface area (Å²) < 4.78 is 20.4. The third-order valence-electron chi connectivity index (χ3n) is 6.18. The number of rotatable bonds is 5. The van der Waals surface area contributed by atoms with Crippen LogP contribution in [0.15, 0.2) is 24.4 Å². The highest BCUT2D eigenvalue weighted by atomic mass is 19.1. The molecule has 0 spiro atoms. The van der Waals surface area contributed by atoms with Crippen molar-refractivity contribution in [3.63, 3.8) is 0 Å². The van der Waals surface area contributed by atoms with Gasteiger partial charge in [-0.05, 0) is 71.2 Å². The molecule has 2 atom stereocenters. The maximum atomic E-state index is 14.8. The van der Waals surface area contributed by atoms with Gasteiger partial charge in [0, 0.05) is 30.9 Å². The van der Waals surface area contributed by atoms with Crippen molar-refractivity contribution in [3.05, 3.63) is 41.3 Å². The zero-order chi connectivity index (χ0) is 25.3. The number of hydrogen-bond donors (Lipinski definition) is 2. The highest BCUT2D eigenvalue weighted by Crippen LogP contribution is 2.34. The second-order valence-corrected chi connectivity index (χ2v) is 10.1. The van der Waals surface area contributed by atoms with Crippen LogP contribution in [0.2, 0.25) is 0 Å². The van der Waals surface area contributed by atoms with Crippen LogP contribution in [-0.4, -0.2) is 64.2 Å². The summed E-state index contributed by atoms with van der Waals surface area (Å²) in [5.74, 6) is -0.173. The molecule has 1 aromatic heterocycles. The van der Waals surface area contributed by atoms with Crippen LogP contribution in [0.5, 0.6) is 0 Å². The number of carbonyl (C=O) groups is 2. The Labute approximate surface area is 205 Å². The first-order valence-corrected chi connectivity index (χ1v) is 12.0. The predicted octanol–water partition coefficient (Wildman–Crippen LogP) is 4.01. The fraction of sp³-hybridized carbons (Fsp3) is 0.520. The molecule has 2 fully saturated rings. The Balaban J connectivity index is 1.49. The Morgan fingerprint density at radius 1 is 1.20 bits per heavy atom. The summed E-state index contributed by atoms with van der Waals surface area (Å²) in [6.45, 7) is 10.8. The molecule has 3 heterocycles. The van der Waals surface area contributed by atoms with Gasteiger partial charge >= 0.3 is 6.09 Å². The molecule has 2 aromatic rings. The van der Waals surface area contributed by atoms with Gasteiger partial charge in [0.15, 0.2) is 11.6 Å². The van der Waals surface area contributed by atoms with E-state index in [4.69, 9.17) is 4.74 Å². The number of aromatic nitrogens is 2. The maximum Gasteiger partial charge on any atom is 0.410 e. The molecule has 2 N–H and O–H groups in total. The number of ether oxygens (including phenoxy) is 1. The van der Waals surface area contributed by atoms with Gasteiger partial charge in [-0.2, -0.15) is 4.98 Å². The minimum absolute atomic E-state index is 0.0566. The van der Waals surface area contributed by atoms with Gasteiger partial charge in [0.05, 0.1) is 18.3 Å². The molecule has 9 nitrogen and oxygen atoms in total. The minimum atomic E-state index is -0.566. The molecule has 35 heavy (non-hydrogen) atoms. The Kier molecular flexibility index (Phi) is 6.82. The van der Waals surface area contributed by atoms with E-state index in [1.54, 1.807) is 17.0 Å². The van der Waals surface area contributed by atoms with E-state index in [0.717, 1.165) is 24.6 Å². The smallest absolute Gasteiger partial charge is 0.410 e. The van der Waals surface area contributed by atoms with Crippen LogP contribution in [0.25, 0.3) is 0 Å². The predicted molar refractivity (Wildman–Crippen MR) is 132 cm³/mol. The number of piperazine rings is 1. The second kappa shape index (κ2) is 9.67. The molecule has 2 bridgehead atoms. The molecule has 188 valence electrons. The van der Waals surface area contributed by atoms with Crippen molar-refractivity contribution in [2.75, 3.05) is 29.9 Å². The average Bonchev–Trinajstić information content (AvgIpc) is 3.04. The van der Waals surface area contributed by atoms with Gasteiger partial charge in [-0.15, -0.1) is 0 Å². The first-order chi connectivity index (χ1) is 16.6. The molecule has 1 aromatic carbocycles. The fourth-order valence-electron chi connectivity index (χ4n) is 4.71. The first kappa shape index (κ1) is 24.7. The lowest BCUT2D eigenvalue weighted by Crippen LogP contribution is -2.57. The molecule has 2 aliphatic rings. The number of anilines is 3. The fourth-order valence-corrected chi connectivity index (χ4v) is 4.71. The quantitative estimate of drug-likeness (QED) is 0.662. The zero-order valence-electron chi connectivity index (χ0n) is 20.9. The van der Waals surface area contributed by atoms with E-state index in [1.165, 1.54) is 0 Å². The van der Waals surface area contributed by atoms with Gasteiger partial charge in [-0.3, -0.25) is 9.69 Å². The van der Waals surface area contributed by atoms with E-state index in [2.05, 4.69) is 20.6 Å². The molecular weight excluding hydrogens is 451 g/mol. The monoisotopic (exact) mass is 484 g/mol. The van der Waals surface area contributed by atoms with Crippen molar-refractivity contribution < 1.29 is 18.7 Å². The van der Waals surface area contributed by atoms with Gasteiger partial charge in [0.2, 0.25) is 5.95 Å². The summed E-state index contributed by atoms with van der Waals surface area (Å²) in [5.41, 5.74) is 1.53. The maximum absolute atomic E-state index is 14.8. The number of nitrogens with one attached hydrogen (secondary N) is 2. The Morgan fingerprint density at radius 2 is 1.89 bits per heavy atom. The van der Waals surface area contributed by atoms with Crippen LogP contribution in [0, 0.1) is 12.7 Å². The van der Waals surface area contributed by atoms with Gasteiger partial charge in [0.1, 0.15) is 5.60 Å². The van der Waals surface area contributed by atoms with Crippen LogP contribution < -0.4 is 15.5 Å². The van der Waals surface area contributed by atoms with E-state index < -0.39 is 11.4 Å². The number of aryl methyl sites for hydroxylation is 1. The molecule has 0 saturated carbocycles. The number of fused-ring (bicyclic) bond motifs is 2. The molecule has 2 aliphatic heterocycles. The van der Waals surface area contributed by atoms with E-state index in [-0.39, 0.29) is 35.9 Å². The number of nitrogens with zero attached hydrogens (tertiary/aromatic N) is 4.